The average Bonchev–Trinajstić information content (AvgIpc) is 3.39. The number of rotatable bonds is 0. The molecule has 1 unspecified atom stereocenters. The van der Waals surface area contributed by atoms with Crippen LogP contribution in [0.1, 0.15) is 18.1 Å². The molecule has 2 aliphatic heterocycles. The van der Waals surface area contributed by atoms with Gasteiger partial charge in [0.2, 0.25) is 0 Å². The van der Waals surface area contributed by atoms with E-state index in [0.29, 0.717) is 95.1 Å². The van der Waals surface area contributed by atoms with E-state index in [2.05, 4.69) is 19.1 Å². The van der Waals surface area contributed by atoms with E-state index in [1.165, 1.54) is 0 Å². The van der Waals surface area contributed by atoms with Crippen molar-refractivity contribution in [3.63, 3.8) is 0 Å². The summed E-state index contributed by atoms with van der Waals surface area (Å²) in [4.78, 5) is 9.00. The summed E-state index contributed by atoms with van der Waals surface area (Å²) in [6, 6.07) is 19.8. The van der Waals surface area contributed by atoms with Crippen molar-refractivity contribution in [3.8, 4) is 23.0 Å². The van der Waals surface area contributed by atoms with Gasteiger partial charge in [-0.25, -0.2) is 0 Å². The van der Waals surface area contributed by atoms with Gasteiger partial charge in [0.25, 0.3) is 5.97 Å². The zero-order chi connectivity index (χ0) is 32.4. The van der Waals surface area contributed by atoms with Gasteiger partial charge in [-0.05, 0) is 46.2 Å². The second kappa shape index (κ2) is 17.8. The number of carboxylic acids is 1. The second-order valence-electron chi connectivity index (χ2n) is 11.1. The zero-order valence-corrected chi connectivity index (χ0v) is 32.3. The summed E-state index contributed by atoms with van der Waals surface area (Å²) < 4.78 is 41.2. The smallest absolute Gasteiger partial charge is 0.870 e. The van der Waals surface area contributed by atoms with E-state index in [-0.39, 0.29) is 40.0 Å². The summed E-state index contributed by atoms with van der Waals surface area (Å²) >= 11 is 0. The van der Waals surface area contributed by atoms with Crippen molar-refractivity contribution >= 4 is 27.5 Å². The average molecular weight is 833 g/mol. The molecule has 2 radical (unpaired) electrons. The Hall–Kier alpha value is -3.15. The van der Waals surface area contributed by atoms with Gasteiger partial charge in [-0.15, -0.1) is 0 Å². The molecule has 11 heteroatoms. The standard InChI is InChI=1S/C34H37O8.C2H4O2.Hg/c1-34-22-28-26-8-4-2-6-24(26)20-30(32(28)35)40-18-16-38-14-12-36-10-11-37-13-15-39-17-19-41-31-21-25-7-3-5-9-27(25)29(23-34)33(31)42-34;1-2(3)4;/h2-9,20-21,35H,1,10-19,22-23H2;1H3,(H,3,4);/q;;+1/p-1. The first-order chi connectivity index (χ1) is 22.3. The monoisotopic (exact) mass is 834 g/mol. The van der Waals surface area contributed by atoms with Crippen LogP contribution < -0.4 is 19.3 Å². The first kappa shape index (κ1) is 36.7. The fourth-order valence-corrected chi connectivity index (χ4v) is 5.61. The first-order valence-electron chi connectivity index (χ1n) is 15.4. The molecule has 6 rings (SSSR count). The molecule has 10 nitrogen and oxygen atoms in total. The van der Waals surface area contributed by atoms with Gasteiger partial charge in [0.15, 0.2) is 11.5 Å². The zero-order valence-electron chi connectivity index (χ0n) is 26.8. The molecular formula is C36H40HgO10. The number of hydrogen-bond acceptors (Lipinski definition) is 9. The number of carbonyl (C=O) groups is 1. The molecule has 0 aliphatic carbocycles. The molecule has 0 saturated carbocycles. The van der Waals surface area contributed by atoms with Crippen molar-refractivity contribution in [1.29, 1.82) is 0 Å². The minimum absolute atomic E-state index is 0. The van der Waals surface area contributed by atoms with Crippen LogP contribution >= 0.6 is 0 Å². The van der Waals surface area contributed by atoms with Crippen LogP contribution in [0.15, 0.2) is 60.7 Å². The van der Waals surface area contributed by atoms with E-state index in [4.69, 9.17) is 43.1 Å². The van der Waals surface area contributed by atoms with Crippen LogP contribution in [-0.4, -0.2) is 82.7 Å². The predicted octanol–water partition coefficient (Wildman–Crippen LogP) is 4.74. The largest absolute Gasteiger partial charge is 1.00 e. The van der Waals surface area contributed by atoms with Crippen LogP contribution in [-0.2, 0) is 64.3 Å². The molecular weight excluding hydrogens is 793 g/mol. The SMILES string of the molecule is CC(=O)O.[CH2]C12Cc3c([O-])c(cc4ccccc34)OCCOCCOCCOCCOCCOc3cc4ccccc4c(c3O1)C2.[Hg+]. The van der Waals surface area contributed by atoms with Crippen LogP contribution in [0.2, 0.25) is 0 Å². The van der Waals surface area contributed by atoms with E-state index in [1.807, 2.05) is 42.5 Å². The van der Waals surface area contributed by atoms with Gasteiger partial charge in [-0.1, -0.05) is 54.3 Å². The summed E-state index contributed by atoms with van der Waals surface area (Å²) in [6.45, 7) is 9.73. The summed E-state index contributed by atoms with van der Waals surface area (Å²) in [6.07, 6.45) is 0.839. The van der Waals surface area contributed by atoms with Gasteiger partial charge in [0, 0.05) is 25.3 Å². The van der Waals surface area contributed by atoms with E-state index in [1.54, 1.807) is 6.07 Å². The van der Waals surface area contributed by atoms with E-state index in [9.17, 15) is 5.11 Å². The Kier molecular flexibility index (Phi) is 13.9. The summed E-state index contributed by atoms with van der Waals surface area (Å²) in [5.74, 6) is 0.615. The number of benzene rings is 4. The molecule has 1 atom stereocenters. The van der Waals surface area contributed by atoms with E-state index in [0.717, 1.165) is 34.0 Å². The molecule has 0 aromatic heterocycles. The van der Waals surface area contributed by atoms with Crippen molar-refractivity contribution in [1.82, 2.24) is 0 Å². The molecule has 47 heavy (non-hydrogen) atoms. The fourth-order valence-electron chi connectivity index (χ4n) is 5.61. The van der Waals surface area contributed by atoms with Crippen molar-refractivity contribution < 1.29 is 75.8 Å². The quantitative estimate of drug-likeness (QED) is 0.249. The maximum Gasteiger partial charge on any atom is 1.00 e. The molecule has 4 aromatic rings. The number of fused-ring (bicyclic) bond motifs is 7. The van der Waals surface area contributed by atoms with E-state index >= 15 is 0 Å². The third-order valence-electron chi connectivity index (χ3n) is 7.54. The fraction of sp³-hybridized carbons (Fsp3) is 0.389. The third-order valence-corrected chi connectivity index (χ3v) is 7.54. The van der Waals surface area contributed by atoms with Crippen molar-refractivity contribution in [3.05, 3.63) is 78.7 Å². The van der Waals surface area contributed by atoms with Gasteiger partial charge < -0.3 is 43.4 Å². The van der Waals surface area contributed by atoms with Crippen LogP contribution in [0.3, 0.4) is 0 Å². The maximum absolute atomic E-state index is 13.8. The van der Waals surface area contributed by atoms with Crippen LogP contribution in [0.5, 0.6) is 23.0 Å². The second-order valence-corrected chi connectivity index (χ2v) is 11.1. The Morgan fingerprint density at radius 1 is 0.702 bits per heavy atom. The topological polar surface area (TPSA) is 125 Å². The molecule has 0 saturated heterocycles. The third kappa shape index (κ3) is 9.93. The van der Waals surface area contributed by atoms with Gasteiger partial charge in [0.1, 0.15) is 24.6 Å². The number of hydrogen-bond donors (Lipinski definition) is 1. The van der Waals surface area contributed by atoms with Crippen molar-refractivity contribution in [2.24, 2.45) is 0 Å². The summed E-state index contributed by atoms with van der Waals surface area (Å²) in [7, 11) is 0. The Labute approximate surface area is 295 Å². The Bertz CT molecular complexity index is 1620. The molecule has 246 valence electrons. The minimum Gasteiger partial charge on any atom is -0.870 e. The number of carboxylic acid groups (broad SMARTS) is 1. The Morgan fingerprint density at radius 2 is 1.11 bits per heavy atom. The Morgan fingerprint density at radius 3 is 1.64 bits per heavy atom. The molecule has 2 aliphatic rings. The predicted molar refractivity (Wildman–Crippen MR) is 171 cm³/mol. The molecule has 0 amide bonds. The molecule has 1 N–H and O–H groups in total. The van der Waals surface area contributed by atoms with Crippen molar-refractivity contribution in [2.45, 2.75) is 25.4 Å². The molecule has 2 heterocycles. The van der Waals surface area contributed by atoms with Gasteiger partial charge in [-0.3, -0.25) is 4.79 Å². The first-order valence-corrected chi connectivity index (χ1v) is 15.4. The minimum atomic E-state index is -0.907. The van der Waals surface area contributed by atoms with Crippen LogP contribution in [0.25, 0.3) is 21.5 Å². The summed E-state index contributed by atoms with van der Waals surface area (Å²) in [5, 5.41) is 25.1. The van der Waals surface area contributed by atoms with Gasteiger partial charge in [0.05, 0.1) is 52.9 Å². The van der Waals surface area contributed by atoms with Gasteiger partial charge in [-0.2, -0.15) is 0 Å². The number of aliphatic carboxylic acids is 1. The number of ether oxygens (including phenoxy) is 7. The van der Waals surface area contributed by atoms with E-state index < -0.39 is 11.6 Å². The maximum atomic E-state index is 13.8. The normalized spacial score (nSPS) is 19.4. The summed E-state index contributed by atoms with van der Waals surface area (Å²) in [5.41, 5.74) is 0.745. The molecule has 0 spiro atoms. The van der Waals surface area contributed by atoms with Crippen molar-refractivity contribution in [2.75, 3.05) is 66.1 Å². The molecule has 0 fully saturated rings. The molecule has 4 bridgehead atoms. The molecule has 4 aromatic carbocycles. The van der Waals surface area contributed by atoms with Gasteiger partial charge >= 0.3 is 27.7 Å². The van der Waals surface area contributed by atoms with Crippen LogP contribution in [0.4, 0.5) is 0 Å². The van der Waals surface area contributed by atoms with Crippen LogP contribution in [0, 0.1) is 6.92 Å². The Balaban J connectivity index is 0.000000947.